The van der Waals surface area contributed by atoms with E-state index < -0.39 is 0 Å². The summed E-state index contributed by atoms with van der Waals surface area (Å²) >= 11 is 0. The van der Waals surface area contributed by atoms with Crippen LogP contribution in [0.2, 0.25) is 0 Å². The van der Waals surface area contributed by atoms with Crippen LogP contribution in [0.1, 0.15) is 11.1 Å². The Labute approximate surface area is 110 Å². The van der Waals surface area contributed by atoms with Gasteiger partial charge in [-0.3, -0.25) is 4.79 Å². The second-order valence-corrected chi connectivity index (χ2v) is 4.17. The van der Waals surface area contributed by atoms with Crippen LogP contribution in [0.25, 0.3) is 0 Å². The van der Waals surface area contributed by atoms with E-state index in [-0.39, 0.29) is 24.0 Å². The fraction of sp³-hybridized carbons (Fsp3) is 0.133. The van der Waals surface area contributed by atoms with Gasteiger partial charge in [0.15, 0.2) is 0 Å². The van der Waals surface area contributed by atoms with Crippen LogP contribution in [0.4, 0.5) is 8.78 Å². The molecule has 0 spiro atoms. The molecule has 0 aliphatic carbocycles. The van der Waals surface area contributed by atoms with Crippen LogP contribution < -0.4 is 5.32 Å². The molecule has 19 heavy (non-hydrogen) atoms. The van der Waals surface area contributed by atoms with E-state index in [4.69, 9.17) is 0 Å². The third kappa shape index (κ3) is 3.88. The van der Waals surface area contributed by atoms with E-state index in [0.29, 0.717) is 12.1 Å². The van der Waals surface area contributed by atoms with E-state index in [1.165, 1.54) is 18.2 Å². The summed E-state index contributed by atoms with van der Waals surface area (Å²) in [6, 6.07) is 12.0. The number of nitrogens with one attached hydrogen (secondary N) is 1. The van der Waals surface area contributed by atoms with Crippen molar-refractivity contribution < 1.29 is 13.6 Å². The molecule has 2 rings (SSSR count). The molecule has 0 saturated carbocycles. The SMILES string of the molecule is O=C(Cc1ccccc1F)NCc1ccc(F)cc1. The Morgan fingerprint density at radius 3 is 2.37 bits per heavy atom. The van der Waals surface area contributed by atoms with Gasteiger partial charge in [-0.2, -0.15) is 0 Å². The van der Waals surface area contributed by atoms with Gasteiger partial charge in [0.05, 0.1) is 6.42 Å². The van der Waals surface area contributed by atoms with Gasteiger partial charge in [0.2, 0.25) is 5.91 Å². The van der Waals surface area contributed by atoms with E-state index in [9.17, 15) is 13.6 Å². The van der Waals surface area contributed by atoms with E-state index in [2.05, 4.69) is 5.32 Å². The maximum atomic E-state index is 13.3. The third-order valence-corrected chi connectivity index (χ3v) is 2.71. The summed E-state index contributed by atoms with van der Waals surface area (Å²) in [4.78, 5) is 11.7. The number of benzene rings is 2. The molecule has 0 atom stereocenters. The van der Waals surface area contributed by atoms with E-state index in [1.807, 2.05) is 0 Å². The fourth-order valence-corrected chi connectivity index (χ4v) is 1.68. The van der Waals surface area contributed by atoms with Crippen LogP contribution in [0.5, 0.6) is 0 Å². The Hall–Kier alpha value is -2.23. The highest BCUT2D eigenvalue weighted by Crippen LogP contribution is 2.07. The number of halogens is 2. The molecule has 0 unspecified atom stereocenters. The molecular formula is C15H13F2NO. The first kappa shape index (κ1) is 13.2. The maximum Gasteiger partial charge on any atom is 0.224 e. The molecule has 1 N–H and O–H groups in total. The molecule has 98 valence electrons. The zero-order valence-corrected chi connectivity index (χ0v) is 10.2. The summed E-state index contributed by atoms with van der Waals surface area (Å²) in [5.41, 5.74) is 1.15. The van der Waals surface area contributed by atoms with Crippen molar-refractivity contribution in [3.63, 3.8) is 0 Å². The Morgan fingerprint density at radius 1 is 1.00 bits per heavy atom. The van der Waals surface area contributed by atoms with Crippen molar-refractivity contribution in [2.75, 3.05) is 0 Å². The van der Waals surface area contributed by atoms with Crippen molar-refractivity contribution in [3.8, 4) is 0 Å². The van der Waals surface area contributed by atoms with E-state index in [0.717, 1.165) is 5.56 Å². The number of carbonyl (C=O) groups is 1. The molecular weight excluding hydrogens is 248 g/mol. The summed E-state index contributed by atoms with van der Waals surface area (Å²) in [6.07, 6.45) is -0.00608. The first-order chi connectivity index (χ1) is 9.15. The minimum absolute atomic E-state index is 0.00608. The zero-order valence-electron chi connectivity index (χ0n) is 10.2. The number of carbonyl (C=O) groups excluding carboxylic acids is 1. The first-order valence-electron chi connectivity index (χ1n) is 5.90. The highest BCUT2D eigenvalue weighted by atomic mass is 19.1. The van der Waals surface area contributed by atoms with E-state index >= 15 is 0 Å². The van der Waals surface area contributed by atoms with Crippen LogP contribution in [-0.4, -0.2) is 5.91 Å². The maximum absolute atomic E-state index is 13.3. The summed E-state index contributed by atoms with van der Waals surface area (Å²) in [5.74, 6) is -0.977. The van der Waals surface area contributed by atoms with Gasteiger partial charge in [-0.25, -0.2) is 8.78 Å². The average Bonchev–Trinajstić information content (AvgIpc) is 2.41. The molecule has 0 bridgehead atoms. The Kier molecular flexibility index (Phi) is 4.23. The fourth-order valence-electron chi connectivity index (χ4n) is 1.68. The first-order valence-corrected chi connectivity index (χ1v) is 5.90. The Balaban J connectivity index is 1.88. The minimum Gasteiger partial charge on any atom is -0.352 e. The lowest BCUT2D eigenvalue weighted by Gasteiger charge is -2.06. The lowest BCUT2D eigenvalue weighted by molar-refractivity contribution is -0.120. The highest BCUT2D eigenvalue weighted by Gasteiger charge is 2.07. The molecule has 0 saturated heterocycles. The largest absolute Gasteiger partial charge is 0.352 e. The third-order valence-electron chi connectivity index (χ3n) is 2.71. The topological polar surface area (TPSA) is 29.1 Å². The highest BCUT2D eigenvalue weighted by molar-refractivity contribution is 5.78. The van der Waals surface area contributed by atoms with Crippen molar-refractivity contribution in [2.45, 2.75) is 13.0 Å². The van der Waals surface area contributed by atoms with Crippen molar-refractivity contribution in [2.24, 2.45) is 0 Å². The number of rotatable bonds is 4. The van der Waals surface area contributed by atoms with Gasteiger partial charge in [-0.05, 0) is 29.3 Å². The molecule has 0 aliphatic heterocycles. The Bertz CT molecular complexity index is 567. The molecule has 2 aromatic rings. The lowest BCUT2D eigenvalue weighted by Crippen LogP contribution is -2.24. The molecule has 4 heteroatoms. The second-order valence-electron chi connectivity index (χ2n) is 4.17. The van der Waals surface area contributed by atoms with Crippen molar-refractivity contribution in [1.29, 1.82) is 0 Å². The summed E-state index contributed by atoms with van der Waals surface area (Å²) in [6.45, 7) is 0.299. The molecule has 0 aliphatic rings. The van der Waals surface area contributed by atoms with Crippen molar-refractivity contribution in [3.05, 3.63) is 71.3 Å². The summed E-state index contributed by atoms with van der Waals surface area (Å²) < 4.78 is 26.0. The molecule has 0 aromatic heterocycles. The molecule has 0 heterocycles. The smallest absolute Gasteiger partial charge is 0.224 e. The van der Waals surface area contributed by atoms with Crippen LogP contribution in [0.3, 0.4) is 0 Å². The second kappa shape index (κ2) is 6.09. The minimum atomic E-state index is -0.389. The molecule has 0 fully saturated rings. The van der Waals surface area contributed by atoms with Gasteiger partial charge in [0, 0.05) is 6.54 Å². The van der Waals surface area contributed by atoms with Crippen LogP contribution in [0.15, 0.2) is 48.5 Å². The van der Waals surface area contributed by atoms with Crippen molar-refractivity contribution in [1.82, 2.24) is 5.32 Å². The molecule has 2 aromatic carbocycles. The Morgan fingerprint density at radius 2 is 1.68 bits per heavy atom. The predicted octanol–water partition coefficient (Wildman–Crippen LogP) is 2.82. The number of amides is 1. The van der Waals surface area contributed by atoms with Gasteiger partial charge in [0.1, 0.15) is 11.6 Å². The zero-order chi connectivity index (χ0) is 13.7. The predicted molar refractivity (Wildman–Crippen MR) is 68.4 cm³/mol. The van der Waals surface area contributed by atoms with Gasteiger partial charge >= 0.3 is 0 Å². The quantitative estimate of drug-likeness (QED) is 0.901. The van der Waals surface area contributed by atoms with Crippen LogP contribution in [0, 0.1) is 11.6 Å². The van der Waals surface area contributed by atoms with Crippen molar-refractivity contribution >= 4 is 5.91 Å². The van der Waals surface area contributed by atoms with Gasteiger partial charge in [-0.1, -0.05) is 30.3 Å². The van der Waals surface area contributed by atoms with Crippen LogP contribution >= 0.6 is 0 Å². The number of hydrogen-bond acceptors (Lipinski definition) is 1. The molecule has 2 nitrogen and oxygen atoms in total. The van der Waals surface area contributed by atoms with E-state index in [1.54, 1.807) is 30.3 Å². The van der Waals surface area contributed by atoms with Gasteiger partial charge in [0.25, 0.3) is 0 Å². The standard InChI is InChI=1S/C15H13F2NO/c16-13-7-5-11(6-8-13)10-18-15(19)9-12-3-1-2-4-14(12)17/h1-8H,9-10H2,(H,18,19). The molecule has 1 amide bonds. The van der Waals surface area contributed by atoms with Gasteiger partial charge in [-0.15, -0.1) is 0 Å². The lowest BCUT2D eigenvalue weighted by atomic mass is 10.1. The van der Waals surface area contributed by atoms with Gasteiger partial charge < -0.3 is 5.32 Å². The number of hydrogen-bond donors (Lipinski definition) is 1. The summed E-state index contributed by atoms with van der Waals surface area (Å²) in [5, 5.41) is 2.67. The molecule has 0 radical (unpaired) electrons. The average molecular weight is 261 g/mol. The normalized spacial score (nSPS) is 10.2. The monoisotopic (exact) mass is 261 g/mol. The summed E-state index contributed by atoms with van der Waals surface area (Å²) in [7, 11) is 0. The van der Waals surface area contributed by atoms with Crippen LogP contribution in [-0.2, 0) is 17.8 Å².